The van der Waals surface area contributed by atoms with Crippen LogP contribution in [0.5, 0.6) is 0 Å². The molecule has 0 radical (unpaired) electrons. The second-order valence-corrected chi connectivity index (χ2v) is 9.83. The largest absolute Gasteiger partial charge is 0.456 e. The van der Waals surface area contributed by atoms with Crippen molar-refractivity contribution in [2.75, 3.05) is 6.61 Å². The fraction of sp³-hybridized carbons (Fsp3) is 0.833. The SMILES string of the molecule is CC(C)C(C/C=C1/C[C@@H]([C@H](CO)OC(=O)CC(C(C)C)C(C)C)OC1=O)C(C)C. The summed E-state index contributed by atoms with van der Waals surface area (Å²) in [5.41, 5.74) is 0.623. The van der Waals surface area contributed by atoms with E-state index in [-0.39, 0.29) is 24.5 Å². The van der Waals surface area contributed by atoms with E-state index in [0.29, 0.717) is 48.0 Å². The molecule has 1 aliphatic rings. The third kappa shape index (κ3) is 7.76. The van der Waals surface area contributed by atoms with Crippen molar-refractivity contribution in [3.63, 3.8) is 0 Å². The number of allylic oxidation sites excluding steroid dienone is 1. The fourth-order valence-electron chi connectivity index (χ4n) is 4.40. The highest BCUT2D eigenvalue weighted by atomic mass is 16.6. The molecule has 5 nitrogen and oxygen atoms in total. The highest BCUT2D eigenvalue weighted by molar-refractivity contribution is 5.90. The molecule has 1 N–H and O–H groups in total. The molecule has 2 atom stereocenters. The number of carbonyl (C=O) groups is 2. The van der Waals surface area contributed by atoms with E-state index in [9.17, 15) is 14.7 Å². The summed E-state index contributed by atoms with van der Waals surface area (Å²) in [5.74, 6) is 1.79. The first kappa shape index (κ1) is 25.7. The van der Waals surface area contributed by atoms with E-state index >= 15 is 0 Å². The summed E-state index contributed by atoms with van der Waals surface area (Å²) in [7, 11) is 0. The van der Waals surface area contributed by atoms with Gasteiger partial charge in [0.1, 0.15) is 6.10 Å². The van der Waals surface area contributed by atoms with Crippen molar-refractivity contribution >= 4 is 11.9 Å². The van der Waals surface area contributed by atoms with Gasteiger partial charge in [0.05, 0.1) is 6.61 Å². The van der Waals surface area contributed by atoms with Gasteiger partial charge in [-0.15, -0.1) is 0 Å². The van der Waals surface area contributed by atoms with Crippen LogP contribution in [-0.2, 0) is 19.1 Å². The third-order valence-corrected chi connectivity index (χ3v) is 6.28. The van der Waals surface area contributed by atoms with Crippen molar-refractivity contribution in [3.8, 4) is 0 Å². The molecule has 1 rings (SSSR count). The molecule has 0 aliphatic carbocycles. The standard InChI is InChI=1S/C24H42O5/c1-14(2)19(15(3)4)10-9-18-11-21(29-24(18)27)22(13-25)28-23(26)12-20(16(5)6)17(7)8/h9,14-17,19-22,25H,10-13H2,1-8H3/b18-9-/t21-,22-/m0/s1. The maximum absolute atomic E-state index is 12.4. The first-order chi connectivity index (χ1) is 13.5. The van der Waals surface area contributed by atoms with Gasteiger partial charge in [0.15, 0.2) is 6.10 Å². The maximum Gasteiger partial charge on any atom is 0.334 e. The topological polar surface area (TPSA) is 72.8 Å². The highest BCUT2D eigenvalue weighted by Crippen LogP contribution is 2.30. The van der Waals surface area contributed by atoms with E-state index in [0.717, 1.165) is 6.42 Å². The van der Waals surface area contributed by atoms with Crippen LogP contribution in [0.1, 0.15) is 74.7 Å². The zero-order valence-electron chi connectivity index (χ0n) is 19.6. The lowest BCUT2D eigenvalue weighted by Gasteiger charge is -2.26. The molecular weight excluding hydrogens is 368 g/mol. The normalized spacial score (nSPS) is 20.0. The Hall–Kier alpha value is -1.36. The molecule has 0 saturated carbocycles. The maximum atomic E-state index is 12.4. The number of aliphatic hydroxyl groups is 1. The molecule has 1 aliphatic heterocycles. The third-order valence-electron chi connectivity index (χ3n) is 6.28. The van der Waals surface area contributed by atoms with Crippen LogP contribution in [0.15, 0.2) is 11.6 Å². The molecule has 1 fully saturated rings. The molecule has 0 amide bonds. The average molecular weight is 411 g/mol. The van der Waals surface area contributed by atoms with Crippen LogP contribution in [-0.4, -0.2) is 35.9 Å². The van der Waals surface area contributed by atoms with Gasteiger partial charge in [0.2, 0.25) is 0 Å². The van der Waals surface area contributed by atoms with Gasteiger partial charge in [-0.2, -0.15) is 0 Å². The molecule has 29 heavy (non-hydrogen) atoms. The lowest BCUT2D eigenvalue weighted by molar-refractivity contribution is -0.165. The Balaban J connectivity index is 2.73. The molecule has 0 bridgehead atoms. The fourth-order valence-corrected chi connectivity index (χ4v) is 4.40. The van der Waals surface area contributed by atoms with Gasteiger partial charge >= 0.3 is 11.9 Å². The van der Waals surface area contributed by atoms with E-state index in [2.05, 4.69) is 55.4 Å². The van der Waals surface area contributed by atoms with Crippen molar-refractivity contribution in [1.82, 2.24) is 0 Å². The molecular formula is C24H42O5. The molecule has 0 aromatic rings. The van der Waals surface area contributed by atoms with Crippen molar-refractivity contribution in [2.45, 2.75) is 86.9 Å². The number of ether oxygens (including phenoxy) is 2. The van der Waals surface area contributed by atoms with E-state index in [1.807, 2.05) is 6.08 Å². The van der Waals surface area contributed by atoms with Crippen LogP contribution in [0.3, 0.4) is 0 Å². The summed E-state index contributed by atoms with van der Waals surface area (Å²) >= 11 is 0. The predicted molar refractivity (Wildman–Crippen MR) is 115 cm³/mol. The first-order valence-electron chi connectivity index (χ1n) is 11.2. The van der Waals surface area contributed by atoms with Crippen molar-refractivity contribution in [3.05, 3.63) is 11.6 Å². The van der Waals surface area contributed by atoms with Crippen LogP contribution in [0, 0.1) is 35.5 Å². The van der Waals surface area contributed by atoms with Crippen molar-refractivity contribution in [1.29, 1.82) is 0 Å². The highest BCUT2D eigenvalue weighted by Gasteiger charge is 2.37. The molecule has 0 aromatic carbocycles. The van der Waals surface area contributed by atoms with Gasteiger partial charge in [-0.1, -0.05) is 61.5 Å². The summed E-state index contributed by atoms with van der Waals surface area (Å²) < 4.78 is 11.0. The second kappa shape index (κ2) is 11.7. The smallest absolute Gasteiger partial charge is 0.334 e. The Kier molecular flexibility index (Phi) is 10.4. The molecule has 1 saturated heterocycles. The van der Waals surface area contributed by atoms with Gasteiger partial charge in [-0.25, -0.2) is 4.79 Å². The van der Waals surface area contributed by atoms with E-state index in [4.69, 9.17) is 9.47 Å². The summed E-state index contributed by atoms with van der Waals surface area (Å²) in [5, 5.41) is 9.74. The van der Waals surface area contributed by atoms with Gasteiger partial charge in [0.25, 0.3) is 0 Å². The zero-order valence-corrected chi connectivity index (χ0v) is 19.6. The van der Waals surface area contributed by atoms with Crippen molar-refractivity contribution < 1.29 is 24.2 Å². The average Bonchev–Trinajstić information content (AvgIpc) is 2.97. The molecule has 0 aromatic heterocycles. The Morgan fingerprint density at radius 3 is 2.00 bits per heavy atom. The Labute approximate surface area is 177 Å². The summed E-state index contributed by atoms with van der Waals surface area (Å²) in [6.07, 6.45) is 2.04. The second-order valence-electron chi connectivity index (χ2n) is 9.83. The van der Waals surface area contributed by atoms with Crippen LogP contribution < -0.4 is 0 Å². The minimum atomic E-state index is -0.816. The summed E-state index contributed by atoms with van der Waals surface area (Å²) in [4.78, 5) is 24.7. The number of hydrogen-bond acceptors (Lipinski definition) is 5. The molecule has 0 unspecified atom stereocenters. The van der Waals surface area contributed by atoms with Crippen LogP contribution >= 0.6 is 0 Å². The van der Waals surface area contributed by atoms with Crippen molar-refractivity contribution in [2.24, 2.45) is 35.5 Å². The Morgan fingerprint density at radius 1 is 1.03 bits per heavy atom. The number of rotatable bonds is 11. The lowest BCUT2D eigenvalue weighted by Crippen LogP contribution is -2.35. The first-order valence-corrected chi connectivity index (χ1v) is 11.2. The van der Waals surface area contributed by atoms with Gasteiger partial charge in [-0.05, 0) is 41.9 Å². The minimum absolute atomic E-state index is 0.215. The predicted octanol–water partition coefficient (Wildman–Crippen LogP) is 4.77. The lowest BCUT2D eigenvalue weighted by atomic mass is 9.82. The van der Waals surface area contributed by atoms with Gasteiger partial charge in [0, 0.05) is 18.4 Å². The van der Waals surface area contributed by atoms with Gasteiger partial charge in [-0.3, -0.25) is 4.79 Å². The summed E-state index contributed by atoms with van der Waals surface area (Å²) in [6.45, 7) is 16.8. The van der Waals surface area contributed by atoms with Crippen LogP contribution in [0.4, 0.5) is 0 Å². The Morgan fingerprint density at radius 2 is 1.55 bits per heavy atom. The molecule has 5 heteroatoms. The molecule has 1 heterocycles. The van der Waals surface area contributed by atoms with Crippen LogP contribution in [0.2, 0.25) is 0 Å². The molecule has 168 valence electrons. The number of esters is 2. The monoisotopic (exact) mass is 410 g/mol. The van der Waals surface area contributed by atoms with E-state index in [1.54, 1.807) is 0 Å². The van der Waals surface area contributed by atoms with E-state index < -0.39 is 12.2 Å². The number of carbonyl (C=O) groups excluding carboxylic acids is 2. The molecule has 0 spiro atoms. The quantitative estimate of drug-likeness (QED) is 0.392. The summed E-state index contributed by atoms with van der Waals surface area (Å²) in [6, 6.07) is 0. The number of hydrogen-bond donors (Lipinski definition) is 1. The van der Waals surface area contributed by atoms with E-state index in [1.165, 1.54) is 0 Å². The van der Waals surface area contributed by atoms with Gasteiger partial charge < -0.3 is 14.6 Å². The Bertz CT molecular complexity index is 546. The van der Waals surface area contributed by atoms with Crippen LogP contribution in [0.25, 0.3) is 0 Å². The minimum Gasteiger partial charge on any atom is -0.456 e. The number of aliphatic hydroxyl groups excluding tert-OH is 1. The number of cyclic esters (lactones) is 1. The zero-order chi connectivity index (χ0) is 22.3.